The molecule has 2 aromatic heterocycles. The number of nitrogens with zero attached hydrogens (tertiary/aromatic N) is 2. The molecule has 27 heavy (non-hydrogen) atoms. The van der Waals surface area contributed by atoms with Gasteiger partial charge in [0.25, 0.3) is 0 Å². The summed E-state index contributed by atoms with van der Waals surface area (Å²) in [6.07, 6.45) is 1.64. The first-order valence-corrected chi connectivity index (χ1v) is 8.72. The van der Waals surface area contributed by atoms with Crippen molar-refractivity contribution >= 4 is 10.8 Å². The van der Waals surface area contributed by atoms with E-state index in [9.17, 15) is 5.11 Å². The monoisotopic (exact) mass is 352 g/mol. The highest BCUT2D eigenvalue weighted by Crippen LogP contribution is 2.37. The van der Waals surface area contributed by atoms with Crippen molar-refractivity contribution in [2.45, 2.75) is 0 Å². The van der Waals surface area contributed by atoms with Crippen molar-refractivity contribution in [2.75, 3.05) is 0 Å². The van der Waals surface area contributed by atoms with Gasteiger partial charge in [-0.1, -0.05) is 48.5 Å². The first-order chi connectivity index (χ1) is 13.3. The Morgan fingerprint density at radius 1 is 0.815 bits per heavy atom. The average Bonchev–Trinajstić information content (AvgIpc) is 3.39. The summed E-state index contributed by atoms with van der Waals surface area (Å²) < 4.78 is 7.44. The number of hydrogen-bond acceptors (Lipinski definition) is 3. The van der Waals surface area contributed by atoms with Crippen molar-refractivity contribution in [3.63, 3.8) is 0 Å². The van der Waals surface area contributed by atoms with Gasteiger partial charge in [-0.25, -0.2) is 4.68 Å². The third-order valence-electron chi connectivity index (χ3n) is 4.66. The standard InChI is InChI=1S/C23H16N2O2/c26-23-18-10-5-4-7-16(18)12-13-19(23)20-15-21(22-11-6-14-27-22)25(24-20)17-8-2-1-3-9-17/h1-15,26H. The number of furan rings is 1. The highest BCUT2D eigenvalue weighted by Gasteiger charge is 2.17. The zero-order valence-corrected chi connectivity index (χ0v) is 14.4. The van der Waals surface area contributed by atoms with Crippen molar-refractivity contribution in [1.29, 1.82) is 0 Å². The maximum atomic E-state index is 10.8. The molecule has 0 aliphatic carbocycles. The van der Waals surface area contributed by atoms with Crippen LogP contribution in [0.5, 0.6) is 5.75 Å². The molecule has 4 heteroatoms. The molecule has 130 valence electrons. The lowest BCUT2D eigenvalue weighted by molar-refractivity contribution is 0.483. The minimum atomic E-state index is 0.233. The van der Waals surface area contributed by atoms with Crippen LogP contribution in [-0.2, 0) is 0 Å². The summed E-state index contributed by atoms with van der Waals surface area (Å²) in [4.78, 5) is 0. The van der Waals surface area contributed by atoms with Gasteiger partial charge in [0.1, 0.15) is 11.4 Å². The van der Waals surface area contributed by atoms with E-state index in [4.69, 9.17) is 9.52 Å². The van der Waals surface area contributed by atoms with E-state index in [0.29, 0.717) is 11.3 Å². The molecule has 0 atom stereocenters. The first kappa shape index (κ1) is 15.5. The molecular weight excluding hydrogens is 336 g/mol. The summed E-state index contributed by atoms with van der Waals surface area (Å²) in [5, 5.41) is 17.4. The summed E-state index contributed by atoms with van der Waals surface area (Å²) in [7, 11) is 0. The molecule has 0 bridgehead atoms. The minimum absolute atomic E-state index is 0.233. The smallest absolute Gasteiger partial charge is 0.152 e. The molecule has 0 unspecified atom stereocenters. The van der Waals surface area contributed by atoms with Gasteiger partial charge in [-0.3, -0.25) is 0 Å². The molecule has 4 nitrogen and oxygen atoms in total. The molecule has 0 amide bonds. The van der Waals surface area contributed by atoms with Crippen molar-refractivity contribution in [3.8, 4) is 34.1 Å². The first-order valence-electron chi connectivity index (χ1n) is 8.72. The van der Waals surface area contributed by atoms with Crippen LogP contribution in [0, 0.1) is 0 Å². The van der Waals surface area contributed by atoms with Crippen molar-refractivity contribution < 1.29 is 9.52 Å². The van der Waals surface area contributed by atoms with Crippen LogP contribution in [0.25, 0.3) is 39.2 Å². The predicted octanol–water partition coefficient (Wildman–Crippen LogP) is 5.66. The predicted molar refractivity (Wildman–Crippen MR) is 106 cm³/mol. The zero-order chi connectivity index (χ0) is 18.2. The third-order valence-corrected chi connectivity index (χ3v) is 4.66. The summed E-state index contributed by atoms with van der Waals surface area (Å²) in [5.74, 6) is 0.953. The van der Waals surface area contributed by atoms with Gasteiger partial charge in [-0.05, 0) is 41.8 Å². The van der Waals surface area contributed by atoms with Gasteiger partial charge >= 0.3 is 0 Å². The Bertz CT molecular complexity index is 1220. The van der Waals surface area contributed by atoms with Gasteiger partial charge < -0.3 is 9.52 Å². The number of para-hydroxylation sites is 1. The van der Waals surface area contributed by atoms with Crippen LogP contribution >= 0.6 is 0 Å². The molecule has 0 saturated heterocycles. The van der Waals surface area contributed by atoms with Crippen LogP contribution in [0.2, 0.25) is 0 Å². The van der Waals surface area contributed by atoms with Gasteiger partial charge in [0.05, 0.1) is 17.6 Å². The lowest BCUT2D eigenvalue weighted by atomic mass is 10.0. The van der Waals surface area contributed by atoms with E-state index in [1.165, 1.54) is 0 Å². The maximum absolute atomic E-state index is 10.8. The van der Waals surface area contributed by atoms with Crippen LogP contribution in [0.4, 0.5) is 0 Å². The van der Waals surface area contributed by atoms with Crippen molar-refractivity contribution in [2.24, 2.45) is 0 Å². The molecule has 1 N–H and O–H groups in total. The summed E-state index contributed by atoms with van der Waals surface area (Å²) in [6.45, 7) is 0. The van der Waals surface area contributed by atoms with Gasteiger partial charge in [-0.15, -0.1) is 0 Å². The number of phenolic OH excluding ortho intramolecular Hbond substituents is 1. The van der Waals surface area contributed by atoms with Crippen LogP contribution in [0.1, 0.15) is 0 Å². The van der Waals surface area contributed by atoms with Crippen molar-refractivity contribution in [1.82, 2.24) is 9.78 Å². The van der Waals surface area contributed by atoms with Crippen LogP contribution in [-0.4, -0.2) is 14.9 Å². The Balaban J connectivity index is 1.74. The molecule has 2 heterocycles. The van der Waals surface area contributed by atoms with E-state index in [1.807, 2.05) is 89.6 Å². The number of phenols is 1. The van der Waals surface area contributed by atoms with Gasteiger partial charge in [0, 0.05) is 10.9 Å². The Kier molecular flexibility index (Phi) is 3.54. The summed E-state index contributed by atoms with van der Waals surface area (Å²) in [6, 6.07) is 27.3. The van der Waals surface area contributed by atoms with E-state index in [1.54, 1.807) is 6.26 Å². The quantitative estimate of drug-likeness (QED) is 0.456. The Hall–Kier alpha value is -3.79. The second-order valence-corrected chi connectivity index (χ2v) is 6.32. The lowest BCUT2D eigenvalue weighted by Gasteiger charge is -2.06. The van der Waals surface area contributed by atoms with Crippen LogP contribution in [0.3, 0.4) is 0 Å². The number of fused-ring (bicyclic) bond motifs is 1. The van der Waals surface area contributed by atoms with E-state index in [0.717, 1.165) is 27.9 Å². The molecular formula is C23H16N2O2. The number of hydrogen-bond donors (Lipinski definition) is 1. The van der Waals surface area contributed by atoms with Crippen LogP contribution < -0.4 is 0 Å². The number of aromatic nitrogens is 2. The Labute approximate surface area is 155 Å². The molecule has 3 aromatic carbocycles. The minimum Gasteiger partial charge on any atom is -0.507 e. The Morgan fingerprint density at radius 2 is 1.63 bits per heavy atom. The Morgan fingerprint density at radius 3 is 2.44 bits per heavy atom. The van der Waals surface area contributed by atoms with Gasteiger partial charge in [-0.2, -0.15) is 5.10 Å². The van der Waals surface area contributed by atoms with Gasteiger partial charge in [0.2, 0.25) is 0 Å². The molecule has 0 fully saturated rings. The fraction of sp³-hybridized carbons (Fsp3) is 0. The van der Waals surface area contributed by atoms with Gasteiger partial charge in [0.15, 0.2) is 5.76 Å². The van der Waals surface area contributed by atoms with E-state index in [2.05, 4.69) is 0 Å². The fourth-order valence-corrected chi connectivity index (χ4v) is 3.34. The summed E-state index contributed by atoms with van der Waals surface area (Å²) in [5.41, 5.74) is 3.13. The van der Waals surface area contributed by atoms with Crippen LogP contribution in [0.15, 0.2) is 95.6 Å². The number of benzene rings is 3. The second kappa shape index (κ2) is 6.18. The summed E-state index contributed by atoms with van der Waals surface area (Å²) >= 11 is 0. The molecule has 0 spiro atoms. The molecule has 5 rings (SSSR count). The number of rotatable bonds is 3. The van der Waals surface area contributed by atoms with E-state index < -0.39 is 0 Å². The zero-order valence-electron chi connectivity index (χ0n) is 14.4. The SMILES string of the molecule is Oc1c(-c2cc(-c3ccco3)n(-c3ccccc3)n2)ccc2ccccc12. The molecule has 0 saturated carbocycles. The molecule has 0 aliphatic heterocycles. The topological polar surface area (TPSA) is 51.2 Å². The highest BCUT2D eigenvalue weighted by atomic mass is 16.3. The molecule has 0 aliphatic rings. The fourth-order valence-electron chi connectivity index (χ4n) is 3.34. The maximum Gasteiger partial charge on any atom is 0.152 e. The largest absolute Gasteiger partial charge is 0.507 e. The molecule has 5 aromatic rings. The average molecular weight is 352 g/mol. The molecule has 0 radical (unpaired) electrons. The lowest BCUT2D eigenvalue weighted by Crippen LogP contribution is -1.98. The number of aromatic hydroxyl groups is 1. The van der Waals surface area contributed by atoms with Crippen molar-refractivity contribution in [3.05, 3.63) is 91.2 Å². The van der Waals surface area contributed by atoms with E-state index in [-0.39, 0.29) is 5.75 Å². The third kappa shape index (κ3) is 2.59. The highest BCUT2D eigenvalue weighted by molar-refractivity contribution is 5.94. The normalized spacial score (nSPS) is 11.1. The van der Waals surface area contributed by atoms with E-state index >= 15 is 0 Å². The second-order valence-electron chi connectivity index (χ2n) is 6.32.